The molecule has 1 fully saturated rings. The molecule has 2 atom stereocenters. The molecule has 19 heavy (non-hydrogen) atoms. The van der Waals surface area contributed by atoms with Crippen molar-refractivity contribution in [1.82, 2.24) is 5.32 Å². The molecule has 1 N–H and O–H groups in total. The van der Waals surface area contributed by atoms with E-state index >= 15 is 0 Å². The van der Waals surface area contributed by atoms with Gasteiger partial charge in [0.25, 0.3) is 0 Å². The van der Waals surface area contributed by atoms with Crippen molar-refractivity contribution >= 4 is 11.6 Å². The monoisotopic (exact) mass is 262 g/mol. The van der Waals surface area contributed by atoms with Crippen LogP contribution >= 0.6 is 0 Å². The highest BCUT2D eigenvalue weighted by atomic mass is 16.5. The predicted octanol–water partition coefficient (Wildman–Crippen LogP) is 2.05. The van der Waals surface area contributed by atoms with E-state index < -0.39 is 0 Å². The van der Waals surface area contributed by atoms with Gasteiger partial charge in [0.15, 0.2) is 0 Å². The zero-order chi connectivity index (χ0) is 13.8. The van der Waals surface area contributed by atoms with Gasteiger partial charge in [-0.25, -0.2) is 0 Å². The smallest absolute Gasteiger partial charge is 0.227 e. The fourth-order valence-corrected chi connectivity index (χ4v) is 2.68. The van der Waals surface area contributed by atoms with Crippen molar-refractivity contribution in [2.24, 2.45) is 5.92 Å². The van der Waals surface area contributed by atoms with Gasteiger partial charge in [0.2, 0.25) is 5.91 Å². The molecule has 4 nitrogen and oxygen atoms in total. The molecule has 1 aromatic carbocycles. The average Bonchev–Trinajstić information content (AvgIpc) is 2.67. The molecule has 2 unspecified atom stereocenters. The highest BCUT2D eigenvalue weighted by molar-refractivity contribution is 5.96. The van der Waals surface area contributed by atoms with Crippen LogP contribution in [0.15, 0.2) is 24.3 Å². The Morgan fingerprint density at radius 1 is 1.37 bits per heavy atom. The molecule has 1 aliphatic rings. The lowest BCUT2D eigenvalue weighted by Crippen LogP contribution is -2.35. The van der Waals surface area contributed by atoms with Crippen molar-refractivity contribution in [1.29, 1.82) is 0 Å². The zero-order valence-corrected chi connectivity index (χ0v) is 11.8. The summed E-state index contributed by atoms with van der Waals surface area (Å²) in [7, 11) is 1.93. The highest BCUT2D eigenvalue weighted by Crippen LogP contribution is 2.31. The molecular weight excluding hydrogens is 240 g/mol. The Balaban J connectivity index is 2.14. The molecule has 0 aliphatic carbocycles. The molecule has 0 radical (unpaired) electrons. The van der Waals surface area contributed by atoms with Crippen molar-refractivity contribution in [3.63, 3.8) is 0 Å². The molecular formula is C15H22N2O2. The van der Waals surface area contributed by atoms with Crippen LogP contribution in [0.25, 0.3) is 0 Å². The van der Waals surface area contributed by atoms with E-state index in [9.17, 15) is 4.79 Å². The first-order chi connectivity index (χ1) is 9.17. The largest absolute Gasteiger partial charge is 0.494 e. The second-order valence-corrected chi connectivity index (χ2v) is 4.95. The van der Waals surface area contributed by atoms with E-state index in [2.05, 4.69) is 12.2 Å². The van der Waals surface area contributed by atoms with Crippen molar-refractivity contribution < 1.29 is 9.53 Å². The van der Waals surface area contributed by atoms with E-state index in [1.165, 1.54) is 0 Å². The van der Waals surface area contributed by atoms with Gasteiger partial charge >= 0.3 is 0 Å². The van der Waals surface area contributed by atoms with Gasteiger partial charge in [0.1, 0.15) is 5.75 Å². The lowest BCUT2D eigenvalue weighted by molar-refractivity contribution is -0.117. The van der Waals surface area contributed by atoms with E-state index in [-0.39, 0.29) is 11.9 Å². The summed E-state index contributed by atoms with van der Waals surface area (Å²) in [5.41, 5.74) is 0.958. The van der Waals surface area contributed by atoms with E-state index in [4.69, 9.17) is 4.74 Å². The van der Waals surface area contributed by atoms with Crippen LogP contribution in [0.2, 0.25) is 0 Å². The minimum atomic E-state index is 0.205. The summed E-state index contributed by atoms with van der Waals surface area (Å²) >= 11 is 0. The minimum absolute atomic E-state index is 0.205. The second-order valence-electron chi connectivity index (χ2n) is 4.95. The van der Waals surface area contributed by atoms with Crippen LogP contribution in [0.4, 0.5) is 5.69 Å². The van der Waals surface area contributed by atoms with Gasteiger partial charge in [0, 0.05) is 30.6 Å². The highest BCUT2D eigenvalue weighted by Gasteiger charge is 2.36. The molecule has 0 aromatic heterocycles. The summed E-state index contributed by atoms with van der Waals surface area (Å²) in [4.78, 5) is 14.0. The fourth-order valence-electron chi connectivity index (χ4n) is 2.68. The molecule has 0 saturated carbocycles. The molecule has 2 rings (SSSR count). The molecule has 0 bridgehead atoms. The third kappa shape index (κ3) is 2.89. The maximum atomic E-state index is 12.1. The van der Waals surface area contributed by atoms with Crippen LogP contribution in [0.5, 0.6) is 5.75 Å². The van der Waals surface area contributed by atoms with E-state index in [1.54, 1.807) is 0 Å². The van der Waals surface area contributed by atoms with Crippen LogP contribution < -0.4 is 15.0 Å². The van der Waals surface area contributed by atoms with Gasteiger partial charge in [-0.3, -0.25) is 4.79 Å². The number of hydrogen-bond acceptors (Lipinski definition) is 3. The van der Waals surface area contributed by atoms with Crippen LogP contribution in [-0.4, -0.2) is 32.1 Å². The SMILES string of the molecule is CCOc1ccc(N2C(=O)CC(CNC)C2C)cc1. The molecule has 1 aliphatic heterocycles. The standard InChI is InChI=1S/C15H22N2O2/c1-4-19-14-7-5-13(6-8-14)17-11(2)12(10-16-3)9-15(17)18/h5-8,11-12,16H,4,9-10H2,1-3H3. The van der Waals surface area contributed by atoms with Crippen LogP contribution in [-0.2, 0) is 4.79 Å². The average molecular weight is 262 g/mol. The number of carbonyl (C=O) groups excluding carboxylic acids is 1. The number of rotatable bonds is 5. The summed E-state index contributed by atoms with van der Waals surface area (Å²) in [6, 6.07) is 7.99. The molecule has 1 aromatic rings. The minimum Gasteiger partial charge on any atom is -0.494 e. The van der Waals surface area contributed by atoms with Crippen LogP contribution in [0.3, 0.4) is 0 Å². The number of carbonyl (C=O) groups is 1. The quantitative estimate of drug-likeness (QED) is 0.883. The van der Waals surface area contributed by atoms with Crippen LogP contribution in [0, 0.1) is 5.92 Å². The first-order valence-corrected chi connectivity index (χ1v) is 6.87. The Morgan fingerprint density at radius 2 is 2.05 bits per heavy atom. The number of ether oxygens (including phenoxy) is 1. The summed E-state index contributed by atoms with van der Waals surface area (Å²) in [6.07, 6.45) is 0.620. The molecule has 104 valence electrons. The Labute approximate surface area is 114 Å². The van der Waals surface area contributed by atoms with Gasteiger partial charge in [-0.1, -0.05) is 0 Å². The van der Waals surface area contributed by atoms with Gasteiger partial charge in [-0.15, -0.1) is 0 Å². The Kier molecular flexibility index (Phi) is 4.43. The normalized spacial score (nSPS) is 22.9. The van der Waals surface area contributed by atoms with Gasteiger partial charge in [0.05, 0.1) is 6.61 Å². The molecule has 0 spiro atoms. The number of hydrogen-bond donors (Lipinski definition) is 1. The Hall–Kier alpha value is -1.55. The fraction of sp³-hybridized carbons (Fsp3) is 0.533. The zero-order valence-electron chi connectivity index (χ0n) is 11.8. The van der Waals surface area contributed by atoms with Crippen molar-refractivity contribution in [2.75, 3.05) is 25.1 Å². The second kappa shape index (κ2) is 6.06. The maximum absolute atomic E-state index is 12.1. The number of anilines is 1. The van der Waals surface area contributed by atoms with E-state index in [0.717, 1.165) is 18.0 Å². The Bertz CT molecular complexity index is 430. The van der Waals surface area contributed by atoms with Crippen molar-refractivity contribution in [3.8, 4) is 5.75 Å². The number of benzene rings is 1. The summed E-state index contributed by atoms with van der Waals surface area (Å²) in [5, 5.41) is 3.16. The van der Waals surface area contributed by atoms with E-state index in [1.807, 2.05) is 43.1 Å². The van der Waals surface area contributed by atoms with E-state index in [0.29, 0.717) is 18.9 Å². The number of amides is 1. The third-order valence-electron chi connectivity index (χ3n) is 3.69. The summed E-state index contributed by atoms with van der Waals surface area (Å²) < 4.78 is 5.42. The molecule has 1 saturated heterocycles. The number of nitrogens with one attached hydrogen (secondary N) is 1. The summed E-state index contributed by atoms with van der Waals surface area (Å²) in [6.45, 7) is 5.61. The molecule has 1 amide bonds. The topological polar surface area (TPSA) is 41.6 Å². The lowest BCUT2D eigenvalue weighted by atomic mass is 10.0. The van der Waals surface area contributed by atoms with Gasteiger partial charge < -0.3 is 15.0 Å². The molecule has 1 heterocycles. The molecule has 4 heteroatoms. The van der Waals surface area contributed by atoms with Crippen molar-refractivity contribution in [2.45, 2.75) is 26.3 Å². The van der Waals surface area contributed by atoms with Gasteiger partial charge in [-0.2, -0.15) is 0 Å². The first kappa shape index (κ1) is 13.9. The predicted molar refractivity (Wildman–Crippen MR) is 76.6 cm³/mol. The Morgan fingerprint density at radius 3 is 2.63 bits per heavy atom. The number of nitrogens with zero attached hydrogens (tertiary/aromatic N) is 1. The maximum Gasteiger partial charge on any atom is 0.227 e. The third-order valence-corrected chi connectivity index (χ3v) is 3.69. The first-order valence-electron chi connectivity index (χ1n) is 6.87. The van der Waals surface area contributed by atoms with Crippen molar-refractivity contribution in [3.05, 3.63) is 24.3 Å². The summed E-state index contributed by atoms with van der Waals surface area (Å²) in [5.74, 6) is 1.43. The van der Waals surface area contributed by atoms with Crippen LogP contribution in [0.1, 0.15) is 20.3 Å². The van der Waals surface area contributed by atoms with Gasteiger partial charge in [-0.05, 0) is 45.2 Å². The lowest BCUT2D eigenvalue weighted by Gasteiger charge is -2.25.